The van der Waals surface area contributed by atoms with Crippen molar-refractivity contribution < 1.29 is 4.74 Å². The Kier molecular flexibility index (Phi) is 7.79. The van der Waals surface area contributed by atoms with Crippen LogP contribution in [0, 0.1) is 0 Å². The number of benzene rings is 8. The minimum absolute atomic E-state index is 0.127. The molecular weight excluding hydrogens is 715 g/mol. The van der Waals surface area contributed by atoms with Gasteiger partial charge in [0.05, 0.1) is 5.69 Å². The lowest BCUT2D eigenvalue weighted by Crippen LogP contribution is -2.26. The molecule has 0 amide bonds. The first kappa shape index (κ1) is 35.5. The average Bonchev–Trinajstić information content (AvgIpc) is 3.70. The molecule has 1 aliphatic heterocycles. The molecule has 1 heterocycles. The summed E-state index contributed by atoms with van der Waals surface area (Å²) < 4.78 is 6.43. The number of anilines is 3. The molecule has 8 aromatic carbocycles. The molecule has 0 aromatic heterocycles. The fourth-order valence-electron chi connectivity index (χ4n) is 10.9. The van der Waals surface area contributed by atoms with Crippen molar-refractivity contribution in [3.05, 3.63) is 221 Å². The maximum absolute atomic E-state index is 6.43. The van der Waals surface area contributed by atoms with Crippen molar-refractivity contribution in [3.8, 4) is 44.9 Å². The Hall–Kier alpha value is -6.64. The lowest BCUT2D eigenvalue weighted by Gasteiger charge is -2.34. The average molecular weight is 762 g/mol. The zero-order valence-electron chi connectivity index (χ0n) is 34.4. The second-order valence-electron chi connectivity index (χ2n) is 17.6. The Morgan fingerprint density at radius 3 is 1.80 bits per heavy atom. The van der Waals surface area contributed by atoms with Crippen LogP contribution in [0.5, 0.6) is 11.5 Å². The van der Waals surface area contributed by atoms with E-state index in [2.05, 4.69) is 215 Å². The van der Waals surface area contributed by atoms with E-state index in [1.807, 2.05) is 6.07 Å². The number of hydrogen-bond donors (Lipinski definition) is 0. The van der Waals surface area contributed by atoms with Gasteiger partial charge >= 0.3 is 0 Å². The van der Waals surface area contributed by atoms with Crippen LogP contribution in [0.15, 0.2) is 182 Å². The van der Waals surface area contributed by atoms with Crippen molar-refractivity contribution in [1.82, 2.24) is 0 Å². The summed E-state index contributed by atoms with van der Waals surface area (Å²) in [6, 6.07) is 67.5. The van der Waals surface area contributed by atoms with Crippen molar-refractivity contribution in [2.24, 2.45) is 0 Å². The van der Waals surface area contributed by atoms with Gasteiger partial charge in [0, 0.05) is 44.3 Å². The third-order valence-electron chi connectivity index (χ3n) is 13.9. The summed E-state index contributed by atoms with van der Waals surface area (Å²) in [4.78, 5) is 2.51. The highest BCUT2D eigenvalue weighted by Crippen LogP contribution is 2.59. The quantitative estimate of drug-likeness (QED) is 0.167. The van der Waals surface area contributed by atoms with Crippen molar-refractivity contribution in [3.63, 3.8) is 0 Å². The van der Waals surface area contributed by atoms with Crippen LogP contribution in [0.25, 0.3) is 33.4 Å². The van der Waals surface area contributed by atoms with Gasteiger partial charge in [-0.15, -0.1) is 0 Å². The molecule has 286 valence electrons. The Bertz CT molecular complexity index is 2950. The molecule has 2 heteroatoms. The Labute approximate surface area is 348 Å². The fourth-order valence-corrected chi connectivity index (χ4v) is 10.9. The summed E-state index contributed by atoms with van der Waals surface area (Å²) in [6.07, 6.45) is 0.957. The minimum atomic E-state index is -0.259. The lowest BCUT2D eigenvalue weighted by atomic mass is 9.70. The number of nitrogens with zero attached hydrogens (tertiary/aromatic N) is 1. The first-order valence-electron chi connectivity index (χ1n) is 21.1. The molecule has 11 rings (SSSR count). The lowest BCUT2D eigenvalue weighted by molar-refractivity contribution is 0.418. The monoisotopic (exact) mass is 761 g/mol. The fraction of sp³-hybridized carbons (Fsp3) is 0.158. The first-order chi connectivity index (χ1) is 28.7. The highest BCUT2D eigenvalue weighted by Gasteiger charge is 2.45. The van der Waals surface area contributed by atoms with Crippen molar-refractivity contribution in [1.29, 1.82) is 0 Å². The maximum Gasteiger partial charge on any atom is 0.131 e. The minimum Gasteiger partial charge on any atom is -0.457 e. The van der Waals surface area contributed by atoms with Gasteiger partial charge in [-0.2, -0.15) is 0 Å². The Balaban J connectivity index is 1.09. The zero-order chi connectivity index (χ0) is 40.1. The zero-order valence-corrected chi connectivity index (χ0v) is 34.4. The molecule has 1 unspecified atom stereocenters. The van der Waals surface area contributed by atoms with Crippen LogP contribution < -0.4 is 9.64 Å². The van der Waals surface area contributed by atoms with Gasteiger partial charge in [0.1, 0.15) is 11.5 Å². The smallest absolute Gasteiger partial charge is 0.131 e. The largest absolute Gasteiger partial charge is 0.457 e. The summed E-state index contributed by atoms with van der Waals surface area (Å²) in [5, 5.41) is 0. The van der Waals surface area contributed by atoms with E-state index in [0.29, 0.717) is 0 Å². The molecule has 0 saturated heterocycles. The van der Waals surface area contributed by atoms with Gasteiger partial charge in [0.15, 0.2) is 0 Å². The van der Waals surface area contributed by atoms with Gasteiger partial charge in [0.25, 0.3) is 0 Å². The number of rotatable bonds is 6. The van der Waals surface area contributed by atoms with Crippen molar-refractivity contribution >= 4 is 17.1 Å². The topological polar surface area (TPSA) is 12.5 Å². The van der Waals surface area contributed by atoms with E-state index in [9.17, 15) is 0 Å². The van der Waals surface area contributed by atoms with E-state index in [0.717, 1.165) is 29.3 Å². The Morgan fingerprint density at radius 1 is 0.424 bits per heavy atom. The van der Waals surface area contributed by atoms with E-state index in [1.165, 1.54) is 78.0 Å². The van der Waals surface area contributed by atoms with Crippen LogP contribution in [0.1, 0.15) is 80.0 Å². The van der Waals surface area contributed by atoms with Crippen LogP contribution in [0.3, 0.4) is 0 Å². The van der Waals surface area contributed by atoms with Gasteiger partial charge in [-0.05, 0) is 111 Å². The molecule has 59 heavy (non-hydrogen) atoms. The Morgan fingerprint density at radius 2 is 1.02 bits per heavy atom. The van der Waals surface area contributed by atoms with Crippen molar-refractivity contribution in [2.75, 3.05) is 4.90 Å². The van der Waals surface area contributed by atoms with E-state index in [-0.39, 0.29) is 16.2 Å². The number of fused-ring (bicyclic) bond motifs is 8. The third kappa shape index (κ3) is 5.05. The third-order valence-corrected chi connectivity index (χ3v) is 13.9. The SMILES string of the molecule is CCC1(c2ccccc2)c2ccccc2-c2c(N(c3ccc(-c4ccc5c(c4)C(C)(C)c4ccccc4O5)cc3)c3ccc4c(c3)C(C)(C)c3ccccc3-4)cccc21. The molecule has 2 nitrogen and oxygen atoms in total. The molecular formula is C57H47NO. The van der Waals surface area contributed by atoms with Crippen molar-refractivity contribution in [2.45, 2.75) is 57.3 Å². The van der Waals surface area contributed by atoms with Crippen LogP contribution >= 0.6 is 0 Å². The van der Waals surface area contributed by atoms with E-state index >= 15 is 0 Å². The highest BCUT2D eigenvalue weighted by molar-refractivity contribution is 5.97. The molecule has 0 N–H and O–H groups in total. The van der Waals surface area contributed by atoms with Crippen LogP contribution in [0.2, 0.25) is 0 Å². The number of para-hydroxylation sites is 1. The normalized spacial score (nSPS) is 17.1. The van der Waals surface area contributed by atoms with E-state index in [4.69, 9.17) is 4.74 Å². The molecule has 0 radical (unpaired) electrons. The standard InChI is InChI=1S/C57H47NO/c1-6-57(39-17-8-7-9-18-39)46-22-13-11-20-44(46)54-48(57)24-16-25-51(54)58(41-32-33-43-42-19-10-12-21-45(42)55(2,3)49(43)36-41)40-30-27-37(28-31-40)38-29-34-53-50(35-38)56(4,5)47-23-14-15-26-52(47)59-53/h7-36H,6H2,1-5H3. The molecule has 8 aromatic rings. The van der Waals surface area contributed by atoms with Gasteiger partial charge in [0.2, 0.25) is 0 Å². The first-order valence-corrected chi connectivity index (χ1v) is 21.1. The van der Waals surface area contributed by atoms with Crippen LogP contribution in [-0.4, -0.2) is 0 Å². The molecule has 1 atom stereocenters. The maximum atomic E-state index is 6.43. The van der Waals surface area contributed by atoms with Gasteiger partial charge in [-0.1, -0.05) is 168 Å². The second kappa shape index (κ2) is 12.9. The van der Waals surface area contributed by atoms with E-state index < -0.39 is 0 Å². The number of hydrogen-bond acceptors (Lipinski definition) is 2. The molecule has 0 saturated carbocycles. The molecule has 0 bridgehead atoms. The summed E-state index contributed by atoms with van der Waals surface area (Å²) in [7, 11) is 0. The molecule has 0 fully saturated rings. The molecule has 2 aliphatic carbocycles. The van der Waals surface area contributed by atoms with Gasteiger partial charge < -0.3 is 9.64 Å². The number of ether oxygens (including phenoxy) is 1. The summed E-state index contributed by atoms with van der Waals surface area (Å²) in [5.74, 6) is 1.87. The van der Waals surface area contributed by atoms with Gasteiger partial charge in [-0.25, -0.2) is 0 Å². The predicted octanol–water partition coefficient (Wildman–Crippen LogP) is 15.3. The predicted molar refractivity (Wildman–Crippen MR) is 245 cm³/mol. The highest BCUT2D eigenvalue weighted by atomic mass is 16.5. The van der Waals surface area contributed by atoms with Gasteiger partial charge in [-0.3, -0.25) is 0 Å². The van der Waals surface area contributed by atoms with E-state index in [1.54, 1.807) is 0 Å². The van der Waals surface area contributed by atoms with Crippen LogP contribution in [0.4, 0.5) is 17.1 Å². The molecule has 0 spiro atoms. The molecule has 3 aliphatic rings. The summed E-state index contributed by atoms with van der Waals surface area (Å²) in [6.45, 7) is 11.7. The van der Waals surface area contributed by atoms with Crippen LogP contribution in [-0.2, 0) is 16.2 Å². The summed E-state index contributed by atoms with van der Waals surface area (Å²) >= 11 is 0. The summed E-state index contributed by atoms with van der Waals surface area (Å²) in [5.41, 5.74) is 19.8. The second-order valence-corrected chi connectivity index (χ2v) is 17.6.